The summed E-state index contributed by atoms with van der Waals surface area (Å²) in [6.45, 7) is 7.96. The minimum absolute atomic E-state index is 0.337. The summed E-state index contributed by atoms with van der Waals surface area (Å²) >= 11 is 2.11. The van der Waals surface area contributed by atoms with Crippen LogP contribution in [0.15, 0.2) is 0 Å². The Bertz CT molecular complexity index is 282. The minimum Gasteiger partial charge on any atom is -0.301 e. The molecule has 2 rings (SSSR count). The number of hydrogen-bond acceptors (Lipinski definition) is 3. The van der Waals surface area contributed by atoms with Crippen molar-refractivity contribution in [1.29, 1.82) is 0 Å². The van der Waals surface area contributed by atoms with E-state index < -0.39 is 0 Å². The molecule has 1 aliphatic heterocycles. The predicted molar refractivity (Wildman–Crippen MR) is 79.1 cm³/mol. The second-order valence-corrected chi connectivity index (χ2v) is 7.28. The number of thioether (sulfide) groups is 1. The highest BCUT2D eigenvalue weighted by Gasteiger charge is 2.30. The number of nitrogens with zero attached hydrogens (tertiary/aromatic N) is 1. The van der Waals surface area contributed by atoms with E-state index >= 15 is 0 Å². The van der Waals surface area contributed by atoms with E-state index in [1.807, 2.05) is 0 Å². The molecule has 0 N–H and O–H groups in total. The summed E-state index contributed by atoms with van der Waals surface area (Å²) in [4.78, 5) is 14.6. The molecule has 0 bridgehead atoms. The summed E-state index contributed by atoms with van der Waals surface area (Å²) in [5, 5.41) is 0.791. The van der Waals surface area contributed by atoms with E-state index in [9.17, 15) is 4.79 Å². The summed E-state index contributed by atoms with van der Waals surface area (Å²) in [7, 11) is 0. The van der Waals surface area contributed by atoms with Crippen LogP contribution in [0.25, 0.3) is 0 Å². The van der Waals surface area contributed by atoms with Crippen LogP contribution >= 0.6 is 11.8 Å². The van der Waals surface area contributed by atoms with E-state index in [-0.39, 0.29) is 0 Å². The third-order valence-corrected chi connectivity index (χ3v) is 5.98. The molecule has 1 aliphatic carbocycles. The molecule has 3 heteroatoms. The van der Waals surface area contributed by atoms with Gasteiger partial charge in [0.25, 0.3) is 0 Å². The fraction of sp³-hybridized carbons (Fsp3) is 0.933. The summed E-state index contributed by atoms with van der Waals surface area (Å²) < 4.78 is 0. The van der Waals surface area contributed by atoms with Crippen LogP contribution in [0.2, 0.25) is 0 Å². The van der Waals surface area contributed by atoms with Crippen LogP contribution < -0.4 is 0 Å². The van der Waals surface area contributed by atoms with Gasteiger partial charge in [0.15, 0.2) is 0 Å². The van der Waals surface area contributed by atoms with Gasteiger partial charge >= 0.3 is 0 Å². The molecule has 1 saturated carbocycles. The van der Waals surface area contributed by atoms with E-state index in [4.69, 9.17) is 0 Å². The van der Waals surface area contributed by atoms with Crippen molar-refractivity contribution in [3.05, 3.63) is 0 Å². The number of hydrogen-bond donors (Lipinski definition) is 0. The van der Waals surface area contributed by atoms with Crippen LogP contribution in [-0.2, 0) is 4.79 Å². The lowest BCUT2D eigenvalue weighted by Gasteiger charge is -2.36. The first-order valence-corrected chi connectivity index (χ1v) is 8.64. The van der Waals surface area contributed by atoms with Crippen LogP contribution in [0.4, 0.5) is 0 Å². The molecule has 0 spiro atoms. The number of carbonyl (C=O) groups is 1. The quantitative estimate of drug-likeness (QED) is 0.781. The number of Topliss-reactive ketones (excluding diaryl/α,β-unsaturated/α-hetero) is 1. The molecule has 2 fully saturated rings. The molecule has 104 valence electrons. The lowest BCUT2D eigenvalue weighted by atomic mass is 9.79. The Balaban J connectivity index is 1.85. The van der Waals surface area contributed by atoms with Crippen LogP contribution in [0.1, 0.15) is 46.0 Å². The molecule has 0 aromatic carbocycles. The molecule has 3 unspecified atom stereocenters. The highest BCUT2D eigenvalue weighted by molar-refractivity contribution is 8.00. The topological polar surface area (TPSA) is 20.3 Å². The monoisotopic (exact) mass is 269 g/mol. The van der Waals surface area contributed by atoms with Gasteiger partial charge in [-0.25, -0.2) is 0 Å². The van der Waals surface area contributed by atoms with Crippen molar-refractivity contribution < 1.29 is 4.79 Å². The van der Waals surface area contributed by atoms with Crippen LogP contribution in [0.3, 0.4) is 0 Å². The van der Waals surface area contributed by atoms with Gasteiger partial charge in [0.1, 0.15) is 5.78 Å². The Labute approximate surface area is 116 Å². The van der Waals surface area contributed by atoms with Crippen molar-refractivity contribution in [3.63, 3.8) is 0 Å². The summed E-state index contributed by atoms with van der Waals surface area (Å²) in [5.74, 6) is 2.92. The standard InChI is InChI=1S/C15H27NOS/c1-3-12-5-6-15(17)13(9-12)10-16-7-8-18-14(4-2)11-16/h12-14H,3-11H2,1-2H3. The van der Waals surface area contributed by atoms with Crippen molar-refractivity contribution in [2.24, 2.45) is 11.8 Å². The van der Waals surface area contributed by atoms with E-state index in [0.29, 0.717) is 11.7 Å². The van der Waals surface area contributed by atoms with Gasteiger partial charge in [-0.1, -0.05) is 20.3 Å². The normalized spacial score (nSPS) is 34.8. The van der Waals surface area contributed by atoms with E-state index in [1.165, 1.54) is 31.7 Å². The van der Waals surface area contributed by atoms with Gasteiger partial charge in [0.2, 0.25) is 0 Å². The molecular weight excluding hydrogens is 242 g/mol. The maximum atomic E-state index is 12.0. The Kier molecular flexibility index (Phi) is 5.56. The van der Waals surface area contributed by atoms with Crippen molar-refractivity contribution in [2.75, 3.05) is 25.4 Å². The fourth-order valence-electron chi connectivity index (χ4n) is 3.25. The minimum atomic E-state index is 0.337. The van der Waals surface area contributed by atoms with Crippen LogP contribution in [0.5, 0.6) is 0 Å². The lowest BCUT2D eigenvalue weighted by Crippen LogP contribution is -2.43. The molecule has 1 saturated heterocycles. The van der Waals surface area contributed by atoms with Gasteiger partial charge < -0.3 is 4.90 Å². The predicted octanol–water partition coefficient (Wildman–Crippen LogP) is 3.21. The number of rotatable bonds is 4. The van der Waals surface area contributed by atoms with Crippen molar-refractivity contribution in [2.45, 2.75) is 51.2 Å². The molecule has 18 heavy (non-hydrogen) atoms. The molecule has 3 atom stereocenters. The molecule has 2 nitrogen and oxygen atoms in total. The van der Waals surface area contributed by atoms with Gasteiger partial charge in [-0.15, -0.1) is 0 Å². The van der Waals surface area contributed by atoms with Crippen molar-refractivity contribution >= 4 is 17.5 Å². The summed E-state index contributed by atoms with van der Waals surface area (Å²) in [6, 6.07) is 0. The Morgan fingerprint density at radius 2 is 2.17 bits per heavy atom. The maximum absolute atomic E-state index is 12.0. The van der Waals surface area contributed by atoms with Gasteiger partial charge in [-0.2, -0.15) is 11.8 Å². The molecular formula is C15H27NOS. The van der Waals surface area contributed by atoms with E-state index in [1.54, 1.807) is 0 Å². The zero-order valence-corrected chi connectivity index (χ0v) is 12.7. The molecule has 2 aliphatic rings. The highest BCUT2D eigenvalue weighted by atomic mass is 32.2. The third-order valence-electron chi connectivity index (χ3n) is 4.61. The number of carbonyl (C=O) groups excluding carboxylic acids is 1. The first-order chi connectivity index (χ1) is 8.72. The highest BCUT2D eigenvalue weighted by Crippen LogP contribution is 2.30. The fourth-order valence-corrected chi connectivity index (χ4v) is 4.50. The van der Waals surface area contributed by atoms with Gasteiger partial charge in [-0.3, -0.25) is 4.79 Å². The SMILES string of the molecule is CCC1CCC(=O)C(CN2CCSC(CC)C2)C1. The van der Waals surface area contributed by atoms with Crippen LogP contribution in [0, 0.1) is 11.8 Å². The smallest absolute Gasteiger partial charge is 0.137 e. The van der Waals surface area contributed by atoms with Gasteiger partial charge in [-0.05, 0) is 25.2 Å². The van der Waals surface area contributed by atoms with Gasteiger partial charge in [0, 0.05) is 43.0 Å². The number of ketones is 1. The van der Waals surface area contributed by atoms with Crippen LogP contribution in [-0.4, -0.2) is 41.3 Å². The largest absolute Gasteiger partial charge is 0.301 e. The second kappa shape index (κ2) is 6.95. The average Bonchev–Trinajstić information content (AvgIpc) is 2.41. The van der Waals surface area contributed by atoms with Gasteiger partial charge in [0.05, 0.1) is 0 Å². The van der Waals surface area contributed by atoms with Crippen molar-refractivity contribution in [1.82, 2.24) is 4.90 Å². The Morgan fingerprint density at radius 1 is 1.33 bits per heavy atom. The first-order valence-electron chi connectivity index (χ1n) is 7.59. The Morgan fingerprint density at radius 3 is 2.89 bits per heavy atom. The molecule has 0 radical (unpaired) electrons. The zero-order chi connectivity index (χ0) is 13.0. The van der Waals surface area contributed by atoms with E-state index in [2.05, 4.69) is 30.5 Å². The molecule has 1 heterocycles. The van der Waals surface area contributed by atoms with E-state index in [0.717, 1.165) is 37.0 Å². The molecule has 0 aromatic rings. The van der Waals surface area contributed by atoms with Crippen molar-refractivity contribution in [3.8, 4) is 0 Å². The molecule has 0 aromatic heterocycles. The lowest BCUT2D eigenvalue weighted by molar-refractivity contribution is -0.126. The summed E-state index contributed by atoms with van der Waals surface area (Å²) in [5.41, 5.74) is 0. The maximum Gasteiger partial charge on any atom is 0.137 e. The average molecular weight is 269 g/mol. The summed E-state index contributed by atoms with van der Waals surface area (Å²) in [6.07, 6.45) is 5.63. The molecule has 0 amide bonds. The third kappa shape index (κ3) is 3.74. The Hall–Kier alpha value is -0.0200. The first kappa shape index (κ1) is 14.4. The second-order valence-electron chi connectivity index (χ2n) is 5.87. The zero-order valence-electron chi connectivity index (χ0n) is 11.9.